The highest BCUT2D eigenvalue weighted by Crippen LogP contribution is 2.38. The molecule has 0 spiro atoms. The van der Waals surface area contributed by atoms with E-state index in [1.54, 1.807) is 31.2 Å². The van der Waals surface area contributed by atoms with Crippen molar-refractivity contribution in [1.29, 1.82) is 0 Å². The predicted octanol–water partition coefficient (Wildman–Crippen LogP) is 2.67. The van der Waals surface area contributed by atoms with Crippen LogP contribution in [-0.4, -0.2) is 34.5 Å². The molecule has 3 rings (SSSR count). The second-order valence-corrected chi connectivity index (χ2v) is 6.37. The number of ether oxygens (including phenoxy) is 1. The zero-order chi connectivity index (χ0) is 22.0. The Labute approximate surface area is 170 Å². The number of aromatic hydroxyl groups is 1. The molecule has 10 heteroatoms. The molecule has 10 nitrogen and oxygen atoms in total. The average molecular weight is 411 g/mol. The summed E-state index contributed by atoms with van der Waals surface area (Å²) in [6, 6.07) is 7.86. The van der Waals surface area contributed by atoms with Crippen molar-refractivity contribution in [3.05, 3.63) is 63.2 Å². The van der Waals surface area contributed by atoms with E-state index in [-0.39, 0.29) is 23.6 Å². The van der Waals surface area contributed by atoms with Crippen LogP contribution in [0.5, 0.6) is 11.5 Å². The first-order valence-corrected chi connectivity index (χ1v) is 8.85. The van der Waals surface area contributed by atoms with Crippen molar-refractivity contribution in [2.45, 2.75) is 13.8 Å². The normalized spacial score (nSPS) is 15.3. The number of amides is 4. The Morgan fingerprint density at radius 3 is 2.47 bits per heavy atom. The fraction of sp³-hybridized carbons (Fsp3) is 0.150. The van der Waals surface area contributed by atoms with E-state index < -0.39 is 39.8 Å². The van der Waals surface area contributed by atoms with E-state index in [0.717, 1.165) is 22.6 Å². The second-order valence-electron chi connectivity index (χ2n) is 6.37. The Morgan fingerprint density at radius 1 is 1.20 bits per heavy atom. The molecular weight excluding hydrogens is 394 g/mol. The highest BCUT2D eigenvalue weighted by molar-refractivity contribution is 6.39. The number of carbonyl (C=O) groups excluding carboxylic acids is 3. The molecule has 4 amide bonds. The number of carbonyl (C=O) groups is 3. The average Bonchev–Trinajstić information content (AvgIpc) is 2.68. The second kappa shape index (κ2) is 8.03. The highest BCUT2D eigenvalue weighted by Gasteiger charge is 2.37. The minimum Gasteiger partial charge on any atom is -0.500 e. The Kier molecular flexibility index (Phi) is 5.50. The number of nitrogens with zero attached hydrogens (tertiary/aromatic N) is 2. The minimum absolute atomic E-state index is 0.0691. The summed E-state index contributed by atoms with van der Waals surface area (Å²) in [7, 11) is 0. The van der Waals surface area contributed by atoms with Crippen LogP contribution in [-0.2, 0) is 9.59 Å². The number of barbiturate groups is 1. The fourth-order valence-corrected chi connectivity index (χ4v) is 2.85. The number of phenols is 1. The lowest BCUT2D eigenvalue weighted by Gasteiger charge is -2.26. The highest BCUT2D eigenvalue weighted by atomic mass is 16.6. The summed E-state index contributed by atoms with van der Waals surface area (Å²) in [5.74, 6) is -2.67. The maximum absolute atomic E-state index is 12.9. The van der Waals surface area contributed by atoms with E-state index >= 15 is 0 Å². The maximum Gasteiger partial charge on any atom is 0.335 e. The van der Waals surface area contributed by atoms with Crippen LogP contribution >= 0.6 is 0 Å². The number of aryl methyl sites for hydroxylation is 1. The van der Waals surface area contributed by atoms with E-state index in [9.17, 15) is 29.6 Å². The monoisotopic (exact) mass is 411 g/mol. The quantitative estimate of drug-likeness (QED) is 0.334. The van der Waals surface area contributed by atoms with Crippen molar-refractivity contribution in [3.63, 3.8) is 0 Å². The van der Waals surface area contributed by atoms with E-state index in [0.29, 0.717) is 0 Å². The SMILES string of the molecule is CCOc1cc(/C=C2\C(=O)NC(=O)N(c3ccc(C)cc3)C2=O)cc([N+](=O)[O-])c1O. The Hall–Kier alpha value is -4.21. The molecule has 1 aliphatic rings. The number of nitro groups is 1. The number of anilines is 1. The summed E-state index contributed by atoms with van der Waals surface area (Å²) in [6.45, 7) is 3.59. The number of urea groups is 1. The lowest BCUT2D eigenvalue weighted by Crippen LogP contribution is -2.54. The van der Waals surface area contributed by atoms with Gasteiger partial charge in [-0.3, -0.25) is 25.0 Å². The topological polar surface area (TPSA) is 139 Å². The molecule has 2 aromatic rings. The van der Waals surface area contributed by atoms with Gasteiger partial charge in [-0.25, -0.2) is 9.69 Å². The largest absolute Gasteiger partial charge is 0.500 e. The van der Waals surface area contributed by atoms with Crippen molar-refractivity contribution >= 4 is 35.3 Å². The van der Waals surface area contributed by atoms with Crippen molar-refractivity contribution in [2.75, 3.05) is 11.5 Å². The van der Waals surface area contributed by atoms with Crippen LogP contribution in [0.2, 0.25) is 0 Å². The van der Waals surface area contributed by atoms with Gasteiger partial charge >= 0.3 is 11.7 Å². The molecule has 0 saturated carbocycles. The third kappa shape index (κ3) is 3.83. The number of phenolic OH excluding ortho intramolecular Hbond substituents is 1. The zero-order valence-electron chi connectivity index (χ0n) is 16.0. The number of imide groups is 2. The summed E-state index contributed by atoms with van der Waals surface area (Å²) in [6.07, 6.45) is 1.10. The van der Waals surface area contributed by atoms with Gasteiger partial charge in [0.25, 0.3) is 11.8 Å². The Morgan fingerprint density at radius 2 is 1.87 bits per heavy atom. The summed E-state index contributed by atoms with van der Waals surface area (Å²) in [5.41, 5.74) is 0.184. The lowest BCUT2D eigenvalue weighted by molar-refractivity contribution is -0.386. The van der Waals surface area contributed by atoms with Gasteiger partial charge in [0.15, 0.2) is 5.75 Å². The van der Waals surface area contributed by atoms with Crippen molar-refractivity contribution in [1.82, 2.24) is 5.32 Å². The summed E-state index contributed by atoms with van der Waals surface area (Å²) in [4.78, 5) is 48.6. The summed E-state index contributed by atoms with van der Waals surface area (Å²) >= 11 is 0. The van der Waals surface area contributed by atoms with Gasteiger partial charge in [-0.1, -0.05) is 17.7 Å². The molecule has 0 bridgehead atoms. The van der Waals surface area contributed by atoms with Gasteiger partial charge in [-0.15, -0.1) is 0 Å². The van der Waals surface area contributed by atoms with Crippen LogP contribution in [0.3, 0.4) is 0 Å². The predicted molar refractivity (Wildman–Crippen MR) is 106 cm³/mol. The van der Waals surface area contributed by atoms with E-state index in [2.05, 4.69) is 5.32 Å². The molecule has 0 aliphatic carbocycles. The van der Waals surface area contributed by atoms with E-state index in [4.69, 9.17) is 4.74 Å². The molecule has 1 aliphatic heterocycles. The van der Waals surface area contributed by atoms with Gasteiger partial charge in [0.1, 0.15) is 5.57 Å². The van der Waals surface area contributed by atoms with Gasteiger partial charge in [0.05, 0.1) is 17.2 Å². The number of nitro benzene ring substituents is 1. The van der Waals surface area contributed by atoms with E-state index in [1.807, 2.05) is 6.92 Å². The molecule has 1 saturated heterocycles. The standard InChI is InChI=1S/C20H17N3O7/c1-3-30-16-10-12(9-15(17(16)24)23(28)29)8-14-18(25)21-20(27)22(19(14)26)13-6-4-11(2)5-7-13/h4-10,24H,3H2,1-2H3,(H,21,25,27)/b14-8+. The maximum atomic E-state index is 12.9. The molecule has 0 unspecified atom stereocenters. The molecule has 0 aromatic heterocycles. The number of hydrogen-bond acceptors (Lipinski definition) is 7. The van der Waals surface area contributed by atoms with Gasteiger partial charge in [-0.2, -0.15) is 0 Å². The van der Waals surface area contributed by atoms with E-state index in [1.165, 1.54) is 6.07 Å². The first-order chi connectivity index (χ1) is 14.2. The Balaban J connectivity index is 2.08. The van der Waals surface area contributed by atoms with Gasteiger partial charge in [0, 0.05) is 6.07 Å². The molecule has 30 heavy (non-hydrogen) atoms. The number of nitrogens with one attached hydrogen (secondary N) is 1. The van der Waals surface area contributed by atoms with Crippen LogP contribution in [0.25, 0.3) is 6.08 Å². The smallest absolute Gasteiger partial charge is 0.335 e. The number of hydrogen-bond donors (Lipinski definition) is 2. The first kappa shape index (κ1) is 20.5. The number of rotatable bonds is 5. The molecule has 154 valence electrons. The van der Waals surface area contributed by atoms with Crippen LogP contribution < -0.4 is 15.0 Å². The molecule has 2 N–H and O–H groups in total. The summed E-state index contributed by atoms with van der Waals surface area (Å²) < 4.78 is 5.20. The van der Waals surface area contributed by atoms with Gasteiger partial charge < -0.3 is 9.84 Å². The van der Waals surface area contributed by atoms with Crippen LogP contribution in [0.1, 0.15) is 18.1 Å². The molecule has 0 atom stereocenters. The first-order valence-electron chi connectivity index (χ1n) is 8.85. The third-order valence-electron chi connectivity index (χ3n) is 4.28. The van der Waals surface area contributed by atoms with Crippen LogP contribution in [0.15, 0.2) is 42.0 Å². The molecular formula is C20H17N3O7. The van der Waals surface area contributed by atoms with Gasteiger partial charge in [-0.05, 0) is 43.7 Å². The molecule has 2 aromatic carbocycles. The minimum atomic E-state index is -0.943. The molecule has 0 radical (unpaired) electrons. The van der Waals surface area contributed by atoms with Crippen LogP contribution in [0.4, 0.5) is 16.2 Å². The lowest BCUT2D eigenvalue weighted by atomic mass is 10.1. The molecule has 1 fully saturated rings. The van der Waals surface area contributed by atoms with Crippen LogP contribution in [0, 0.1) is 17.0 Å². The van der Waals surface area contributed by atoms with Crippen molar-refractivity contribution in [2.24, 2.45) is 0 Å². The summed E-state index contributed by atoms with van der Waals surface area (Å²) in [5, 5.41) is 23.3. The molecule has 1 heterocycles. The number of benzene rings is 2. The van der Waals surface area contributed by atoms with Crippen molar-refractivity contribution in [3.8, 4) is 11.5 Å². The van der Waals surface area contributed by atoms with Gasteiger partial charge in [0.2, 0.25) is 5.75 Å². The van der Waals surface area contributed by atoms with Crippen molar-refractivity contribution < 1.29 is 29.2 Å². The Bertz CT molecular complexity index is 1090. The zero-order valence-corrected chi connectivity index (χ0v) is 16.0. The fourth-order valence-electron chi connectivity index (χ4n) is 2.85. The third-order valence-corrected chi connectivity index (χ3v) is 4.28.